The van der Waals surface area contributed by atoms with Crippen molar-refractivity contribution in [2.24, 2.45) is 0 Å². The lowest BCUT2D eigenvalue weighted by Crippen LogP contribution is -2.02. The Bertz CT molecular complexity index is 394. The van der Waals surface area contributed by atoms with Gasteiger partial charge in [0.15, 0.2) is 9.84 Å². The Labute approximate surface area is 85.9 Å². The van der Waals surface area contributed by atoms with E-state index in [9.17, 15) is 8.42 Å². The lowest BCUT2D eigenvalue weighted by molar-refractivity contribution is 0.600. The summed E-state index contributed by atoms with van der Waals surface area (Å²) in [6.07, 6.45) is 4.22. The molecule has 78 valence electrons. The van der Waals surface area contributed by atoms with Crippen molar-refractivity contribution in [2.45, 2.75) is 31.1 Å². The standard InChI is InChI=1S/C11H16O2S/c1-3-4-7-10-8-5-6-9-11(10)14(2,12)13/h5-6,8-9H,3-4,7H2,1-2H3. The Hall–Kier alpha value is -0.830. The molecule has 0 heterocycles. The molecule has 0 atom stereocenters. The van der Waals surface area contributed by atoms with Gasteiger partial charge in [0.25, 0.3) is 0 Å². The maximum Gasteiger partial charge on any atom is 0.175 e. The molecular formula is C11H16O2S. The zero-order chi connectivity index (χ0) is 10.6. The van der Waals surface area contributed by atoms with Crippen molar-refractivity contribution in [3.05, 3.63) is 29.8 Å². The van der Waals surface area contributed by atoms with Gasteiger partial charge in [-0.2, -0.15) is 0 Å². The fourth-order valence-corrected chi connectivity index (χ4v) is 2.41. The topological polar surface area (TPSA) is 34.1 Å². The van der Waals surface area contributed by atoms with Crippen LogP contribution < -0.4 is 0 Å². The molecule has 0 saturated carbocycles. The van der Waals surface area contributed by atoms with Crippen LogP contribution in [0.2, 0.25) is 0 Å². The first-order chi connectivity index (χ1) is 6.55. The van der Waals surface area contributed by atoms with Crippen LogP contribution in [0, 0.1) is 0 Å². The van der Waals surface area contributed by atoms with Crippen LogP contribution in [-0.2, 0) is 16.3 Å². The van der Waals surface area contributed by atoms with Crippen LogP contribution in [0.25, 0.3) is 0 Å². The number of benzene rings is 1. The second-order valence-electron chi connectivity index (χ2n) is 3.48. The Morgan fingerprint density at radius 1 is 1.21 bits per heavy atom. The highest BCUT2D eigenvalue weighted by atomic mass is 32.2. The lowest BCUT2D eigenvalue weighted by Gasteiger charge is -2.06. The largest absolute Gasteiger partial charge is 0.224 e. The SMILES string of the molecule is CCCCc1ccccc1S(C)(=O)=O. The molecule has 0 fully saturated rings. The average Bonchev–Trinajstić information content (AvgIpc) is 2.14. The third kappa shape index (κ3) is 2.84. The second kappa shape index (κ2) is 4.60. The van der Waals surface area contributed by atoms with Crippen LogP contribution in [-0.4, -0.2) is 14.7 Å². The number of sulfone groups is 1. The summed E-state index contributed by atoms with van der Waals surface area (Å²) < 4.78 is 22.8. The van der Waals surface area contributed by atoms with E-state index >= 15 is 0 Å². The van der Waals surface area contributed by atoms with Gasteiger partial charge in [-0.25, -0.2) is 8.42 Å². The fourth-order valence-electron chi connectivity index (χ4n) is 1.44. The maximum atomic E-state index is 11.4. The molecule has 0 radical (unpaired) electrons. The van der Waals surface area contributed by atoms with Gasteiger partial charge in [-0.1, -0.05) is 31.5 Å². The first-order valence-corrected chi connectivity index (χ1v) is 6.73. The minimum absolute atomic E-state index is 0.480. The summed E-state index contributed by atoms with van der Waals surface area (Å²) in [4.78, 5) is 0.480. The van der Waals surface area contributed by atoms with Gasteiger partial charge in [0.1, 0.15) is 0 Å². The Balaban J connectivity index is 3.04. The third-order valence-corrected chi connectivity index (χ3v) is 3.37. The summed E-state index contributed by atoms with van der Waals surface area (Å²) in [5, 5.41) is 0. The zero-order valence-electron chi connectivity index (χ0n) is 8.66. The van der Waals surface area contributed by atoms with E-state index in [4.69, 9.17) is 0 Å². The molecule has 2 nitrogen and oxygen atoms in total. The smallest absolute Gasteiger partial charge is 0.175 e. The van der Waals surface area contributed by atoms with E-state index in [0.29, 0.717) is 4.90 Å². The second-order valence-corrected chi connectivity index (χ2v) is 5.47. The molecule has 0 N–H and O–H groups in total. The summed E-state index contributed by atoms with van der Waals surface area (Å²) in [6.45, 7) is 2.10. The van der Waals surface area contributed by atoms with Crippen molar-refractivity contribution in [1.29, 1.82) is 0 Å². The highest BCUT2D eigenvalue weighted by molar-refractivity contribution is 7.90. The van der Waals surface area contributed by atoms with Gasteiger partial charge < -0.3 is 0 Å². The maximum absolute atomic E-state index is 11.4. The van der Waals surface area contributed by atoms with Crippen molar-refractivity contribution in [1.82, 2.24) is 0 Å². The number of hydrogen-bond acceptors (Lipinski definition) is 2. The molecular weight excluding hydrogens is 196 g/mol. The fraction of sp³-hybridized carbons (Fsp3) is 0.455. The highest BCUT2D eigenvalue weighted by Gasteiger charge is 2.11. The average molecular weight is 212 g/mol. The van der Waals surface area contributed by atoms with Crippen molar-refractivity contribution < 1.29 is 8.42 Å². The predicted octanol–water partition coefficient (Wildman–Crippen LogP) is 2.43. The van der Waals surface area contributed by atoms with Crippen LogP contribution in [0.4, 0.5) is 0 Å². The number of hydrogen-bond donors (Lipinski definition) is 0. The quantitative estimate of drug-likeness (QED) is 0.768. The van der Waals surface area contributed by atoms with Gasteiger partial charge in [-0.15, -0.1) is 0 Å². The first-order valence-electron chi connectivity index (χ1n) is 4.83. The van der Waals surface area contributed by atoms with E-state index in [2.05, 4.69) is 6.92 Å². The van der Waals surface area contributed by atoms with Gasteiger partial charge in [0.2, 0.25) is 0 Å². The Kier molecular flexibility index (Phi) is 3.69. The Morgan fingerprint density at radius 2 is 1.86 bits per heavy atom. The molecule has 3 heteroatoms. The molecule has 14 heavy (non-hydrogen) atoms. The number of unbranched alkanes of at least 4 members (excludes halogenated alkanes) is 1. The molecule has 1 rings (SSSR count). The number of aryl methyl sites for hydroxylation is 1. The van der Waals surface area contributed by atoms with Crippen molar-refractivity contribution in [2.75, 3.05) is 6.26 Å². The van der Waals surface area contributed by atoms with Gasteiger partial charge in [0, 0.05) is 6.26 Å². The van der Waals surface area contributed by atoms with Crippen molar-refractivity contribution >= 4 is 9.84 Å². The van der Waals surface area contributed by atoms with Crippen molar-refractivity contribution in [3.8, 4) is 0 Å². The normalized spacial score (nSPS) is 11.6. The molecule has 1 aromatic rings. The van der Waals surface area contributed by atoms with E-state index in [0.717, 1.165) is 24.8 Å². The molecule has 0 unspecified atom stereocenters. The Morgan fingerprint density at radius 3 is 2.43 bits per heavy atom. The van der Waals surface area contributed by atoms with Gasteiger partial charge in [-0.3, -0.25) is 0 Å². The first kappa shape index (κ1) is 11.2. The summed E-state index contributed by atoms with van der Waals surface area (Å²) >= 11 is 0. The monoisotopic (exact) mass is 212 g/mol. The van der Waals surface area contributed by atoms with Gasteiger partial charge in [-0.05, 0) is 24.5 Å². The minimum Gasteiger partial charge on any atom is -0.224 e. The van der Waals surface area contributed by atoms with Crippen LogP contribution >= 0.6 is 0 Å². The zero-order valence-corrected chi connectivity index (χ0v) is 9.47. The minimum atomic E-state index is -3.06. The molecule has 0 aliphatic heterocycles. The summed E-state index contributed by atoms with van der Waals surface area (Å²) in [6, 6.07) is 7.23. The molecule has 0 spiro atoms. The molecule has 0 bridgehead atoms. The molecule has 0 aliphatic rings. The predicted molar refractivity (Wildman–Crippen MR) is 58.2 cm³/mol. The molecule has 0 amide bonds. The molecule has 0 saturated heterocycles. The van der Waals surface area contributed by atoms with E-state index < -0.39 is 9.84 Å². The number of rotatable bonds is 4. The van der Waals surface area contributed by atoms with Gasteiger partial charge in [0.05, 0.1) is 4.90 Å². The molecule has 1 aromatic carbocycles. The van der Waals surface area contributed by atoms with E-state index in [1.54, 1.807) is 12.1 Å². The summed E-state index contributed by atoms with van der Waals surface area (Å²) in [5.74, 6) is 0. The van der Waals surface area contributed by atoms with E-state index in [1.165, 1.54) is 6.26 Å². The van der Waals surface area contributed by atoms with Crippen LogP contribution in [0.15, 0.2) is 29.2 Å². The molecule has 0 aliphatic carbocycles. The van der Waals surface area contributed by atoms with Crippen LogP contribution in [0.5, 0.6) is 0 Å². The van der Waals surface area contributed by atoms with Crippen LogP contribution in [0.1, 0.15) is 25.3 Å². The summed E-state index contributed by atoms with van der Waals surface area (Å²) in [7, 11) is -3.06. The molecule has 0 aromatic heterocycles. The lowest BCUT2D eigenvalue weighted by atomic mass is 10.1. The van der Waals surface area contributed by atoms with Crippen LogP contribution in [0.3, 0.4) is 0 Å². The van der Waals surface area contributed by atoms with E-state index in [1.807, 2.05) is 12.1 Å². The third-order valence-electron chi connectivity index (χ3n) is 2.17. The van der Waals surface area contributed by atoms with Crippen molar-refractivity contribution in [3.63, 3.8) is 0 Å². The highest BCUT2D eigenvalue weighted by Crippen LogP contribution is 2.17. The van der Waals surface area contributed by atoms with Gasteiger partial charge >= 0.3 is 0 Å². The van der Waals surface area contributed by atoms with E-state index in [-0.39, 0.29) is 0 Å². The summed E-state index contributed by atoms with van der Waals surface area (Å²) in [5.41, 5.74) is 0.942.